The summed E-state index contributed by atoms with van der Waals surface area (Å²) in [5.74, 6) is 1.27. The summed E-state index contributed by atoms with van der Waals surface area (Å²) in [6, 6.07) is 11.1. The number of hydrogen-bond donors (Lipinski definition) is 2. The van der Waals surface area contributed by atoms with Crippen LogP contribution in [0.5, 0.6) is 5.75 Å². The molecule has 144 valence electrons. The number of rotatable bonds is 6. The second-order valence-electron chi connectivity index (χ2n) is 6.61. The summed E-state index contributed by atoms with van der Waals surface area (Å²) < 4.78 is 7.24. The monoisotopic (exact) mass is 371 g/mol. The van der Waals surface area contributed by atoms with Crippen molar-refractivity contribution in [3.63, 3.8) is 0 Å². The standard InChI is InChI=1S/C19H25N5O3/c1-20-18(26)19(22-16-8-11-21-23(16)2)9-12-24(13-10-19)17(25)14-27-15-6-4-3-5-7-15/h3-8,11,22H,9-10,12-14H2,1-2H3,(H,20,26). The van der Waals surface area contributed by atoms with Gasteiger partial charge in [-0.2, -0.15) is 5.10 Å². The van der Waals surface area contributed by atoms with Crippen molar-refractivity contribution in [2.45, 2.75) is 18.4 Å². The van der Waals surface area contributed by atoms with Crippen LogP contribution in [0.15, 0.2) is 42.6 Å². The van der Waals surface area contributed by atoms with E-state index in [1.807, 2.05) is 43.4 Å². The number of nitrogens with zero attached hydrogens (tertiary/aromatic N) is 3. The number of piperidine rings is 1. The van der Waals surface area contributed by atoms with Gasteiger partial charge in [0.25, 0.3) is 5.91 Å². The molecule has 1 aromatic carbocycles. The highest BCUT2D eigenvalue weighted by Crippen LogP contribution is 2.27. The fourth-order valence-corrected chi connectivity index (χ4v) is 3.28. The highest BCUT2D eigenvalue weighted by molar-refractivity contribution is 5.89. The zero-order chi connectivity index (χ0) is 19.3. The number of likely N-dealkylation sites (tertiary alicyclic amines) is 1. The second kappa shape index (κ2) is 8.11. The van der Waals surface area contributed by atoms with Crippen LogP contribution < -0.4 is 15.4 Å². The van der Waals surface area contributed by atoms with Crippen LogP contribution in [0.3, 0.4) is 0 Å². The SMILES string of the molecule is CNC(=O)C1(Nc2ccnn2C)CCN(C(=O)COc2ccccc2)CC1. The lowest BCUT2D eigenvalue weighted by Gasteiger charge is -2.41. The molecule has 1 saturated heterocycles. The lowest BCUT2D eigenvalue weighted by molar-refractivity contribution is -0.137. The summed E-state index contributed by atoms with van der Waals surface area (Å²) >= 11 is 0. The maximum atomic E-state index is 12.6. The van der Waals surface area contributed by atoms with Gasteiger partial charge in [0.2, 0.25) is 5.91 Å². The zero-order valence-electron chi connectivity index (χ0n) is 15.6. The Morgan fingerprint density at radius 2 is 1.89 bits per heavy atom. The molecule has 0 unspecified atom stereocenters. The summed E-state index contributed by atoms with van der Waals surface area (Å²) in [4.78, 5) is 26.8. The molecule has 27 heavy (non-hydrogen) atoms. The first-order valence-corrected chi connectivity index (χ1v) is 8.98. The highest BCUT2D eigenvalue weighted by Gasteiger charge is 2.42. The molecule has 0 bridgehead atoms. The number of aromatic nitrogens is 2. The number of carbonyl (C=O) groups excluding carboxylic acids is 2. The van der Waals surface area contributed by atoms with E-state index in [1.165, 1.54) is 0 Å². The highest BCUT2D eigenvalue weighted by atomic mass is 16.5. The van der Waals surface area contributed by atoms with Crippen molar-refractivity contribution in [2.75, 3.05) is 32.1 Å². The first kappa shape index (κ1) is 18.8. The average Bonchev–Trinajstić information content (AvgIpc) is 3.11. The molecule has 2 amide bonds. The molecule has 1 fully saturated rings. The number of likely N-dealkylation sites (N-methyl/N-ethyl adjacent to an activating group) is 1. The summed E-state index contributed by atoms with van der Waals surface area (Å²) in [5.41, 5.74) is -0.764. The Morgan fingerprint density at radius 3 is 2.48 bits per heavy atom. The van der Waals surface area contributed by atoms with Crippen LogP contribution in [0, 0.1) is 0 Å². The van der Waals surface area contributed by atoms with E-state index >= 15 is 0 Å². The molecular formula is C19H25N5O3. The molecule has 8 nitrogen and oxygen atoms in total. The van der Waals surface area contributed by atoms with E-state index in [2.05, 4.69) is 15.7 Å². The smallest absolute Gasteiger partial charge is 0.260 e. The van der Waals surface area contributed by atoms with Crippen molar-refractivity contribution in [3.8, 4) is 5.75 Å². The third kappa shape index (κ3) is 4.21. The molecule has 0 spiro atoms. The van der Waals surface area contributed by atoms with E-state index in [0.717, 1.165) is 5.82 Å². The molecule has 0 atom stereocenters. The Labute approximate surface area is 158 Å². The first-order chi connectivity index (χ1) is 13.0. The summed E-state index contributed by atoms with van der Waals surface area (Å²) in [6.07, 6.45) is 2.70. The van der Waals surface area contributed by atoms with E-state index in [4.69, 9.17) is 4.74 Å². The van der Waals surface area contributed by atoms with Crippen LogP contribution in [0.25, 0.3) is 0 Å². The minimum absolute atomic E-state index is 0.00779. The Kier molecular flexibility index (Phi) is 5.63. The molecule has 2 N–H and O–H groups in total. The maximum absolute atomic E-state index is 12.6. The minimum atomic E-state index is -0.764. The van der Waals surface area contributed by atoms with Crippen molar-refractivity contribution < 1.29 is 14.3 Å². The molecule has 0 saturated carbocycles. The van der Waals surface area contributed by atoms with Crippen molar-refractivity contribution in [1.82, 2.24) is 20.0 Å². The maximum Gasteiger partial charge on any atom is 0.260 e. The fourth-order valence-electron chi connectivity index (χ4n) is 3.28. The molecule has 2 heterocycles. The number of para-hydroxylation sites is 1. The predicted octanol–water partition coefficient (Wildman–Crippen LogP) is 1.02. The van der Waals surface area contributed by atoms with Gasteiger partial charge in [-0.05, 0) is 25.0 Å². The number of aryl methyl sites for hydroxylation is 1. The zero-order valence-corrected chi connectivity index (χ0v) is 15.6. The van der Waals surface area contributed by atoms with E-state index in [0.29, 0.717) is 31.7 Å². The van der Waals surface area contributed by atoms with E-state index in [-0.39, 0.29) is 18.4 Å². The van der Waals surface area contributed by atoms with Crippen LogP contribution in [-0.4, -0.2) is 58.8 Å². The van der Waals surface area contributed by atoms with Gasteiger partial charge in [-0.25, -0.2) is 0 Å². The molecule has 0 aliphatic carbocycles. The van der Waals surface area contributed by atoms with Gasteiger partial charge < -0.3 is 20.3 Å². The van der Waals surface area contributed by atoms with Gasteiger partial charge in [-0.3, -0.25) is 14.3 Å². The van der Waals surface area contributed by atoms with Gasteiger partial charge in [0.15, 0.2) is 6.61 Å². The van der Waals surface area contributed by atoms with Crippen LogP contribution in [0.2, 0.25) is 0 Å². The molecule has 2 aromatic rings. The summed E-state index contributed by atoms with van der Waals surface area (Å²) in [5, 5.41) is 10.2. The molecule has 1 aromatic heterocycles. The average molecular weight is 371 g/mol. The summed E-state index contributed by atoms with van der Waals surface area (Å²) in [6.45, 7) is 0.955. The number of nitrogens with one attached hydrogen (secondary N) is 2. The third-order valence-electron chi connectivity index (χ3n) is 4.93. The van der Waals surface area contributed by atoms with Gasteiger partial charge in [0, 0.05) is 33.3 Å². The first-order valence-electron chi connectivity index (χ1n) is 8.98. The van der Waals surface area contributed by atoms with E-state index in [9.17, 15) is 9.59 Å². The van der Waals surface area contributed by atoms with Crippen LogP contribution in [0.4, 0.5) is 5.82 Å². The molecule has 8 heteroatoms. The van der Waals surface area contributed by atoms with Crippen molar-refractivity contribution in [3.05, 3.63) is 42.6 Å². The molecule has 3 rings (SSSR count). The Bertz CT molecular complexity index is 782. The van der Waals surface area contributed by atoms with Gasteiger partial charge in [0.05, 0.1) is 6.20 Å². The predicted molar refractivity (Wildman–Crippen MR) is 101 cm³/mol. The molecule has 0 radical (unpaired) electrons. The van der Waals surface area contributed by atoms with Crippen molar-refractivity contribution in [2.24, 2.45) is 7.05 Å². The van der Waals surface area contributed by atoms with E-state index < -0.39 is 5.54 Å². The normalized spacial score (nSPS) is 15.9. The van der Waals surface area contributed by atoms with Crippen molar-refractivity contribution >= 4 is 17.6 Å². The third-order valence-corrected chi connectivity index (χ3v) is 4.93. The van der Waals surface area contributed by atoms with Crippen LogP contribution >= 0.6 is 0 Å². The Morgan fingerprint density at radius 1 is 1.19 bits per heavy atom. The largest absolute Gasteiger partial charge is 0.484 e. The van der Waals surface area contributed by atoms with Gasteiger partial charge >= 0.3 is 0 Å². The van der Waals surface area contributed by atoms with Crippen molar-refractivity contribution in [1.29, 1.82) is 0 Å². The quantitative estimate of drug-likeness (QED) is 0.791. The molecule has 1 aliphatic rings. The number of ether oxygens (including phenoxy) is 1. The van der Waals surface area contributed by atoms with Gasteiger partial charge in [0.1, 0.15) is 17.1 Å². The Balaban J connectivity index is 1.61. The number of anilines is 1. The van der Waals surface area contributed by atoms with Crippen LogP contribution in [-0.2, 0) is 16.6 Å². The van der Waals surface area contributed by atoms with Crippen LogP contribution in [0.1, 0.15) is 12.8 Å². The number of carbonyl (C=O) groups is 2. The number of hydrogen-bond acceptors (Lipinski definition) is 5. The van der Waals surface area contributed by atoms with Gasteiger partial charge in [-0.1, -0.05) is 18.2 Å². The lowest BCUT2D eigenvalue weighted by Crippen LogP contribution is -2.59. The van der Waals surface area contributed by atoms with E-state index in [1.54, 1.807) is 22.8 Å². The number of benzene rings is 1. The number of amides is 2. The Hall–Kier alpha value is -3.03. The summed E-state index contributed by atoms with van der Waals surface area (Å²) in [7, 11) is 3.44. The fraction of sp³-hybridized carbons (Fsp3) is 0.421. The lowest BCUT2D eigenvalue weighted by atomic mass is 9.86. The minimum Gasteiger partial charge on any atom is -0.484 e. The second-order valence-corrected chi connectivity index (χ2v) is 6.61. The van der Waals surface area contributed by atoms with Gasteiger partial charge in [-0.15, -0.1) is 0 Å². The molecular weight excluding hydrogens is 346 g/mol. The topological polar surface area (TPSA) is 88.5 Å². The molecule has 1 aliphatic heterocycles.